The maximum absolute atomic E-state index is 12.0. The minimum absolute atomic E-state index is 0.00486. The lowest BCUT2D eigenvalue weighted by molar-refractivity contribution is -0.148. The van der Waals surface area contributed by atoms with Crippen molar-refractivity contribution in [2.45, 2.75) is 39.3 Å². The molecule has 7 nitrogen and oxygen atoms in total. The number of carbonyl (C=O) groups excluding carboxylic acids is 2. The summed E-state index contributed by atoms with van der Waals surface area (Å²) >= 11 is 0. The first-order chi connectivity index (χ1) is 11.4. The van der Waals surface area contributed by atoms with Crippen molar-refractivity contribution in [3.05, 3.63) is 35.9 Å². The van der Waals surface area contributed by atoms with Gasteiger partial charge in [0.2, 0.25) is 0 Å². The Balaban J connectivity index is 2.42. The number of carboxylic acids is 1. The van der Waals surface area contributed by atoms with Gasteiger partial charge < -0.3 is 19.9 Å². The minimum atomic E-state index is -0.950. The van der Waals surface area contributed by atoms with Gasteiger partial charge in [0.15, 0.2) is 0 Å². The monoisotopic (exact) mass is 337 g/mol. The van der Waals surface area contributed by atoms with Crippen molar-refractivity contribution < 1.29 is 29.0 Å². The van der Waals surface area contributed by atoms with Crippen LogP contribution in [-0.2, 0) is 25.7 Å². The third-order valence-electron chi connectivity index (χ3n) is 3.19. The fourth-order valence-corrected chi connectivity index (χ4v) is 1.88. The summed E-state index contributed by atoms with van der Waals surface area (Å²) in [4.78, 5) is 34.2. The standard InChI is InChI=1S/C17H23NO6/c1-12(2)15(16(21)23-10-6-9-14(19)20)18-17(22)24-11-13-7-4-3-5-8-13/h3-5,7-8,12,15H,6,9-11H2,1-2H3,(H,18,22)(H,19,20)/t15-/m0/s1. The molecule has 0 aliphatic rings. The van der Waals surface area contributed by atoms with Crippen LogP contribution in [0.25, 0.3) is 0 Å². The van der Waals surface area contributed by atoms with Gasteiger partial charge in [0.25, 0.3) is 0 Å². The summed E-state index contributed by atoms with van der Waals surface area (Å²) in [6.45, 7) is 3.63. The predicted molar refractivity (Wildman–Crippen MR) is 86.2 cm³/mol. The Morgan fingerprint density at radius 2 is 1.79 bits per heavy atom. The summed E-state index contributed by atoms with van der Waals surface area (Å²) in [5, 5.41) is 11.0. The van der Waals surface area contributed by atoms with Gasteiger partial charge in [-0.15, -0.1) is 0 Å². The van der Waals surface area contributed by atoms with Crippen molar-refractivity contribution in [3.8, 4) is 0 Å². The lowest BCUT2D eigenvalue weighted by Gasteiger charge is -2.20. The summed E-state index contributed by atoms with van der Waals surface area (Å²) in [7, 11) is 0. The van der Waals surface area contributed by atoms with E-state index in [2.05, 4.69) is 5.32 Å². The quantitative estimate of drug-likeness (QED) is 0.530. The molecule has 0 unspecified atom stereocenters. The number of aliphatic carboxylic acids is 1. The molecule has 0 radical (unpaired) electrons. The topological polar surface area (TPSA) is 102 Å². The highest BCUT2D eigenvalue weighted by molar-refractivity contribution is 5.81. The summed E-state index contributed by atoms with van der Waals surface area (Å²) in [5.41, 5.74) is 0.838. The number of amides is 1. The SMILES string of the molecule is CC(C)[C@H](NC(=O)OCc1ccccc1)C(=O)OCCCC(=O)O. The van der Waals surface area contributed by atoms with Gasteiger partial charge in [-0.05, 0) is 17.9 Å². The van der Waals surface area contributed by atoms with Crippen LogP contribution in [0, 0.1) is 5.92 Å². The predicted octanol–water partition coefficient (Wildman–Crippen LogP) is 2.35. The van der Waals surface area contributed by atoms with E-state index in [4.69, 9.17) is 14.6 Å². The summed E-state index contributed by atoms with van der Waals surface area (Å²) in [5.74, 6) is -1.75. The van der Waals surface area contributed by atoms with E-state index in [1.54, 1.807) is 13.8 Å². The van der Waals surface area contributed by atoms with Crippen LogP contribution in [-0.4, -0.2) is 35.8 Å². The van der Waals surface area contributed by atoms with Crippen LogP contribution in [0.3, 0.4) is 0 Å². The van der Waals surface area contributed by atoms with Gasteiger partial charge in [0.05, 0.1) is 6.61 Å². The summed E-state index contributed by atoms with van der Waals surface area (Å²) in [6, 6.07) is 8.33. The molecule has 1 amide bonds. The molecule has 1 atom stereocenters. The second kappa shape index (κ2) is 10.3. The first kappa shape index (κ1) is 19.5. The highest BCUT2D eigenvalue weighted by Gasteiger charge is 2.26. The maximum Gasteiger partial charge on any atom is 0.408 e. The highest BCUT2D eigenvalue weighted by Crippen LogP contribution is 2.07. The Kier molecular flexibility index (Phi) is 8.32. The average Bonchev–Trinajstić information content (AvgIpc) is 2.55. The fraction of sp³-hybridized carbons (Fsp3) is 0.471. The van der Waals surface area contributed by atoms with E-state index in [-0.39, 0.29) is 32.0 Å². The van der Waals surface area contributed by atoms with Crippen molar-refractivity contribution in [1.82, 2.24) is 5.32 Å². The lowest BCUT2D eigenvalue weighted by Crippen LogP contribution is -2.45. The molecular formula is C17H23NO6. The molecule has 0 aliphatic carbocycles. The van der Waals surface area contributed by atoms with E-state index in [1.165, 1.54) is 0 Å². The van der Waals surface area contributed by atoms with Gasteiger partial charge in [-0.25, -0.2) is 9.59 Å². The Morgan fingerprint density at radius 1 is 1.12 bits per heavy atom. The largest absolute Gasteiger partial charge is 0.481 e. The molecule has 1 aromatic carbocycles. The molecule has 0 bridgehead atoms. The van der Waals surface area contributed by atoms with Gasteiger partial charge in [-0.1, -0.05) is 44.2 Å². The molecule has 0 aliphatic heterocycles. The molecule has 0 heterocycles. The molecule has 132 valence electrons. The minimum Gasteiger partial charge on any atom is -0.481 e. The molecule has 0 fully saturated rings. The molecule has 0 saturated carbocycles. The van der Waals surface area contributed by atoms with E-state index in [0.29, 0.717) is 0 Å². The number of carboxylic acid groups (broad SMARTS) is 1. The van der Waals surface area contributed by atoms with Gasteiger partial charge >= 0.3 is 18.0 Å². The molecule has 7 heteroatoms. The van der Waals surface area contributed by atoms with Gasteiger partial charge in [-0.3, -0.25) is 4.79 Å². The molecule has 24 heavy (non-hydrogen) atoms. The van der Waals surface area contributed by atoms with Crippen molar-refractivity contribution in [2.75, 3.05) is 6.61 Å². The van der Waals surface area contributed by atoms with Crippen LogP contribution in [0.2, 0.25) is 0 Å². The maximum atomic E-state index is 12.0. The summed E-state index contributed by atoms with van der Waals surface area (Å²) < 4.78 is 10.1. The van der Waals surface area contributed by atoms with Crippen molar-refractivity contribution in [2.24, 2.45) is 5.92 Å². The smallest absolute Gasteiger partial charge is 0.408 e. The van der Waals surface area contributed by atoms with Crippen LogP contribution in [0.5, 0.6) is 0 Å². The van der Waals surface area contributed by atoms with E-state index < -0.39 is 24.1 Å². The fourth-order valence-electron chi connectivity index (χ4n) is 1.88. The third-order valence-corrected chi connectivity index (χ3v) is 3.19. The Hall–Kier alpha value is -2.57. The molecule has 1 rings (SSSR count). The molecule has 0 aromatic heterocycles. The van der Waals surface area contributed by atoms with Gasteiger partial charge in [0.1, 0.15) is 12.6 Å². The van der Waals surface area contributed by atoms with E-state index in [0.717, 1.165) is 5.56 Å². The Morgan fingerprint density at radius 3 is 2.38 bits per heavy atom. The zero-order chi connectivity index (χ0) is 17.9. The van der Waals surface area contributed by atoms with E-state index >= 15 is 0 Å². The lowest BCUT2D eigenvalue weighted by atomic mass is 10.1. The Labute approximate surface area is 141 Å². The van der Waals surface area contributed by atoms with Crippen molar-refractivity contribution >= 4 is 18.0 Å². The first-order valence-corrected chi connectivity index (χ1v) is 7.75. The zero-order valence-electron chi connectivity index (χ0n) is 13.9. The van der Waals surface area contributed by atoms with Gasteiger partial charge in [-0.2, -0.15) is 0 Å². The molecule has 1 aromatic rings. The average molecular weight is 337 g/mol. The van der Waals surface area contributed by atoms with Crippen molar-refractivity contribution in [3.63, 3.8) is 0 Å². The summed E-state index contributed by atoms with van der Waals surface area (Å²) in [6.07, 6.45) is -0.559. The number of carbonyl (C=O) groups is 3. The second-order valence-electron chi connectivity index (χ2n) is 5.59. The number of hydrogen-bond donors (Lipinski definition) is 2. The number of rotatable bonds is 9. The van der Waals surface area contributed by atoms with Crippen LogP contribution in [0.15, 0.2) is 30.3 Å². The van der Waals surface area contributed by atoms with Crippen LogP contribution in [0.4, 0.5) is 4.79 Å². The number of benzene rings is 1. The van der Waals surface area contributed by atoms with Crippen LogP contribution in [0.1, 0.15) is 32.3 Å². The normalized spacial score (nSPS) is 11.6. The zero-order valence-corrected chi connectivity index (χ0v) is 13.9. The van der Waals surface area contributed by atoms with E-state index in [9.17, 15) is 14.4 Å². The molecular weight excluding hydrogens is 314 g/mol. The molecule has 0 spiro atoms. The first-order valence-electron chi connectivity index (χ1n) is 7.75. The third kappa shape index (κ3) is 7.62. The number of nitrogens with one attached hydrogen (secondary N) is 1. The van der Waals surface area contributed by atoms with Crippen LogP contribution < -0.4 is 5.32 Å². The van der Waals surface area contributed by atoms with Crippen molar-refractivity contribution in [1.29, 1.82) is 0 Å². The number of esters is 1. The van der Waals surface area contributed by atoms with Gasteiger partial charge in [0, 0.05) is 6.42 Å². The molecule has 0 saturated heterocycles. The molecule has 2 N–H and O–H groups in total. The highest BCUT2D eigenvalue weighted by atomic mass is 16.6. The van der Waals surface area contributed by atoms with E-state index in [1.807, 2.05) is 30.3 Å². The number of hydrogen-bond acceptors (Lipinski definition) is 5. The second-order valence-corrected chi connectivity index (χ2v) is 5.59. The Bertz CT molecular complexity index is 543. The number of ether oxygens (including phenoxy) is 2. The van der Waals surface area contributed by atoms with Crippen LogP contribution >= 0.6 is 0 Å². The number of alkyl carbamates (subject to hydrolysis) is 1.